The molecule has 4 rings (SSSR count). The van der Waals surface area contributed by atoms with E-state index in [1.54, 1.807) is 0 Å². The second-order valence-electron chi connectivity index (χ2n) is 2.02. The molecule has 0 aromatic rings. The molecule has 2 saturated heterocycles. The van der Waals surface area contributed by atoms with E-state index in [9.17, 15) is 0 Å². The summed E-state index contributed by atoms with van der Waals surface area (Å²) in [6, 6.07) is 0. The van der Waals surface area contributed by atoms with Crippen molar-refractivity contribution in [1.29, 1.82) is 0 Å². The second-order valence-corrected chi connectivity index (χ2v) is 7.45. The van der Waals surface area contributed by atoms with Crippen LogP contribution in [-0.4, -0.2) is 10.8 Å². The third-order valence-corrected chi connectivity index (χ3v) is 9.56. The summed E-state index contributed by atoms with van der Waals surface area (Å²) in [6.07, 6.45) is 0. The highest BCUT2D eigenvalue weighted by atomic mass is 31.2. The molecule has 0 nitrogen and oxygen atoms in total. The molecule has 4 aliphatic heterocycles. The van der Waals surface area contributed by atoms with Gasteiger partial charge in [0.05, 0.1) is 0 Å². The van der Waals surface area contributed by atoms with Crippen LogP contribution in [0.2, 0.25) is 0 Å². The van der Waals surface area contributed by atoms with Crippen molar-refractivity contribution in [2.45, 2.75) is 10.8 Å². The topological polar surface area (TPSA) is 0 Å². The van der Waals surface area contributed by atoms with E-state index in [1.165, 1.54) is 10.8 Å². The molecule has 0 aliphatic carbocycles. The lowest BCUT2D eigenvalue weighted by molar-refractivity contribution is 1.73. The Morgan fingerprint density at radius 1 is 1.00 bits per heavy atom. The number of rotatable bonds is 0. The molecule has 4 aliphatic rings. The highest BCUT2D eigenvalue weighted by Gasteiger charge is 2.74. The van der Waals surface area contributed by atoms with Crippen LogP contribution in [0.3, 0.4) is 0 Å². The van der Waals surface area contributed by atoms with Crippen molar-refractivity contribution in [3.05, 3.63) is 11.6 Å². The van der Waals surface area contributed by atoms with E-state index in [-0.39, 0.29) is 0 Å². The lowest BCUT2D eigenvalue weighted by atomic mass is 11.0. The van der Waals surface area contributed by atoms with Gasteiger partial charge in [0.15, 0.2) is 0 Å². The fourth-order valence-corrected chi connectivity index (χ4v) is 9.51. The minimum absolute atomic E-state index is 0.610. The molecule has 2 bridgehead atoms. The van der Waals surface area contributed by atoms with Crippen molar-refractivity contribution in [3.8, 4) is 0 Å². The molecule has 2 heteroatoms. The Morgan fingerprint density at radius 2 is 1.50 bits per heavy atom. The van der Waals surface area contributed by atoms with Crippen LogP contribution in [0.1, 0.15) is 0 Å². The van der Waals surface area contributed by atoms with Crippen molar-refractivity contribution >= 4 is 15.8 Å². The summed E-state index contributed by atoms with van der Waals surface area (Å²) in [5.74, 6) is 4.97. The van der Waals surface area contributed by atoms with Crippen LogP contribution in [0.4, 0.5) is 0 Å². The van der Waals surface area contributed by atoms with Gasteiger partial charge < -0.3 is 0 Å². The van der Waals surface area contributed by atoms with E-state index in [0.29, 0.717) is 15.8 Å². The highest BCUT2D eigenvalue weighted by molar-refractivity contribution is 8.10. The monoisotopic (exact) mass is 114 g/mol. The zero-order chi connectivity index (χ0) is 3.72. The Balaban J connectivity index is 2.35. The third kappa shape index (κ3) is 0.128. The summed E-state index contributed by atoms with van der Waals surface area (Å²) in [5, 5.41) is 2.63. The van der Waals surface area contributed by atoms with E-state index in [0.717, 1.165) is 0 Å². The minimum Gasteiger partial charge on any atom is -0.0653 e. The van der Waals surface area contributed by atoms with Gasteiger partial charge in [0.25, 0.3) is 0 Å². The van der Waals surface area contributed by atoms with Crippen LogP contribution in [0, 0.1) is 0 Å². The van der Waals surface area contributed by atoms with Crippen molar-refractivity contribution in [3.63, 3.8) is 0 Å². The van der Waals surface area contributed by atoms with Gasteiger partial charge in [-0.05, 0) is 0 Å². The Bertz CT molecular complexity index is 116. The molecular formula is C4H4P2. The van der Waals surface area contributed by atoms with Crippen LogP contribution >= 0.6 is 15.8 Å². The van der Waals surface area contributed by atoms with Gasteiger partial charge in [-0.15, -0.1) is 0 Å². The summed E-state index contributed by atoms with van der Waals surface area (Å²) >= 11 is 0. The molecular weight excluding hydrogens is 110 g/mol. The Kier molecular flexibility index (Phi) is 0.259. The standard InChI is InChI=1S/C4H4P2/c1-2-6-3-4(6)5(1)3/h1-4H. The molecule has 0 aromatic heterocycles. The van der Waals surface area contributed by atoms with Crippen molar-refractivity contribution in [2.24, 2.45) is 0 Å². The number of hydrogen-bond donors (Lipinski definition) is 0. The molecule has 0 N–H and O–H groups in total. The first-order valence-corrected chi connectivity index (χ1v) is 5.31. The summed E-state index contributed by atoms with van der Waals surface area (Å²) in [6.45, 7) is 0. The summed E-state index contributed by atoms with van der Waals surface area (Å²) in [5.41, 5.74) is 0. The van der Waals surface area contributed by atoms with Crippen molar-refractivity contribution in [2.75, 3.05) is 0 Å². The predicted molar refractivity (Wildman–Crippen MR) is 30.6 cm³/mol. The summed E-state index contributed by atoms with van der Waals surface area (Å²) < 4.78 is 0. The van der Waals surface area contributed by atoms with E-state index in [1.807, 2.05) is 0 Å². The first-order valence-electron chi connectivity index (χ1n) is 2.22. The number of hydrogen-bond acceptors (Lipinski definition) is 0. The van der Waals surface area contributed by atoms with Crippen LogP contribution in [-0.2, 0) is 0 Å². The van der Waals surface area contributed by atoms with E-state index >= 15 is 0 Å². The molecule has 0 saturated carbocycles. The van der Waals surface area contributed by atoms with Gasteiger partial charge in [-0.1, -0.05) is 27.5 Å². The molecule has 0 unspecified atom stereocenters. The Morgan fingerprint density at radius 3 is 1.67 bits per heavy atom. The maximum Gasteiger partial charge on any atom is 0.0188 e. The average Bonchev–Trinajstić information content (AvgIpc) is 2.30. The Hall–Kier alpha value is 0.600. The van der Waals surface area contributed by atoms with Gasteiger partial charge in [0, 0.05) is 10.8 Å². The van der Waals surface area contributed by atoms with Crippen LogP contribution in [0.15, 0.2) is 11.6 Å². The zero-order valence-electron chi connectivity index (χ0n) is 3.20. The molecule has 0 amide bonds. The predicted octanol–water partition coefficient (Wildman–Crippen LogP) is 2.11. The Labute approximate surface area is 39.1 Å². The van der Waals surface area contributed by atoms with Gasteiger partial charge >= 0.3 is 0 Å². The summed E-state index contributed by atoms with van der Waals surface area (Å²) in [4.78, 5) is 0. The fourth-order valence-electron chi connectivity index (χ4n) is 1.19. The van der Waals surface area contributed by atoms with Crippen LogP contribution in [0.5, 0.6) is 0 Å². The largest absolute Gasteiger partial charge is 0.0653 e. The summed E-state index contributed by atoms with van der Waals surface area (Å²) in [7, 11) is 1.22. The van der Waals surface area contributed by atoms with E-state index in [4.69, 9.17) is 0 Å². The van der Waals surface area contributed by atoms with E-state index < -0.39 is 0 Å². The normalized spacial score (nSPS) is 77.3. The first-order chi connectivity index (χ1) is 2.98. The van der Waals surface area contributed by atoms with Gasteiger partial charge in [-0.3, -0.25) is 0 Å². The van der Waals surface area contributed by atoms with E-state index in [2.05, 4.69) is 11.6 Å². The molecule has 30 valence electrons. The van der Waals surface area contributed by atoms with Crippen molar-refractivity contribution in [1.82, 2.24) is 0 Å². The van der Waals surface area contributed by atoms with Gasteiger partial charge in [0.1, 0.15) is 0 Å². The van der Waals surface area contributed by atoms with Gasteiger partial charge in [0.2, 0.25) is 0 Å². The van der Waals surface area contributed by atoms with Crippen LogP contribution < -0.4 is 0 Å². The van der Waals surface area contributed by atoms with Crippen molar-refractivity contribution < 1.29 is 0 Å². The van der Waals surface area contributed by atoms with Gasteiger partial charge in [-0.2, -0.15) is 0 Å². The first kappa shape index (κ1) is 2.80. The molecule has 4 heterocycles. The molecule has 6 heavy (non-hydrogen) atoms. The zero-order valence-corrected chi connectivity index (χ0v) is 4.99. The fraction of sp³-hybridized carbons (Fsp3) is 0.500. The quantitative estimate of drug-likeness (QED) is 0.423. The highest BCUT2D eigenvalue weighted by Crippen LogP contribution is 3.07. The molecule has 2 fully saturated rings. The minimum atomic E-state index is 0.610. The second kappa shape index (κ2) is 0.556. The SMILES string of the molecule is C1=CP2C3C2P13. The average molecular weight is 114 g/mol. The maximum atomic E-state index is 2.48. The van der Waals surface area contributed by atoms with Crippen LogP contribution in [0.25, 0.3) is 0 Å². The lowest BCUT2D eigenvalue weighted by Gasteiger charge is -1.86. The molecule has 0 atom stereocenters. The lowest BCUT2D eigenvalue weighted by Crippen LogP contribution is -1.40. The molecule has 0 radical (unpaired) electrons. The van der Waals surface area contributed by atoms with Gasteiger partial charge in [-0.25, -0.2) is 0 Å². The smallest absolute Gasteiger partial charge is 0.0188 e. The molecule has 0 aromatic carbocycles. The third-order valence-electron chi connectivity index (χ3n) is 1.72. The maximum absolute atomic E-state index is 2.48. The molecule has 0 spiro atoms.